The van der Waals surface area contributed by atoms with Crippen molar-refractivity contribution in [1.82, 2.24) is 9.97 Å². The Balaban J connectivity index is 1.95. The summed E-state index contributed by atoms with van der Waals surface area (Å²) in [6.45, 7) is 5.87. The van der Waals surface area contributed by atoms with Crippen LogP contribution in [0.3, 0.4) is 0 Å². The van der Waals surface area contributed by atoms with E-state index in [-0.39, 0.29) is 23.2 Å². The van der Waals surface area contributed by atoms with Crippen molar-refractivity contribution in [3.63, 3.8) is 0 Å². The summed E-state index contributed by atoms with van der Waals surface area (Å²) in [5, 5.41) is 1.36. The van der Waals surface area contributed by atoms with E-state index in [0.717, 1.165) is 11.1 Å². The summed E-state index contributed by atoms with van der Waals surface area (Å²) < 4.78 is 0. The van der Waals surface area contributed by atoms with Crippen LogP contribution in [0.2, 0.25) is 15.3 Å². The third-order valence-electron chi connectivity index (χ3n) is 6.01. The van der Waals surface area contributed by atoms with Crippen LogP contribution in [0.4, 0.5) is 5.82 Å². The second-order valence-electron chi connectivity index (χ2n) is 8.27. The minimum Gasteiger partial charge on any atom is -0.288 e. The van der Waals surface area contributed by atoms with Gasteiger partial charge >= 0.3 is 0 Å². The maximum atomic E-state index is 14.0. The highest BCUT2D eigenvalue weighted by Gasteiger charge is 2.50. The molecule has 3 atom stereocenters. The summed E-state index contributed by atoms with van der Waals surface area (Å²) in [5.41, 5.74) is 1.32. The summed E-state index contributed by atoms with van der Waals surface area (Å²) in [4.78, 5) is 24.1. The molecule has 1 amide bonds. The first kappa shape index (κ1) is 22.8. The number of rotatable bonds is 5. The van der Waals surface area contributed by atoms with Gasteiger partial charge in [-0.05, 0) is 65.9 Å². The third-order valence-corrected chi connectivity index (χ3v) is 6.68. The Kier molecular flexibility index (Phi) is 6.57. The Morgan fingerprint density at radius 3 is 2.50 bits per heavy atom. The Morgan fingerprint density at radius 1 is 1.09 bits per heavy atom. The highest BCUT2D eigenvalue weighted by Crippen LogP contribution is 2.52. The largest absolute Gasteiger partial charge is 0.288 e. The quantitative estimate of drug-likeness (QED) is 0.281. The van der Waals surface area contributed by atoms with Gasteiger partial charge in [-0.25, -0.2) is 9.97 Å². The zero-order valence-corrected chi connectivity index (χ0v) is 19.8. The Bertz CT molecular complexity index is 1150. The monoisotopic (exact) mass is 485 g/mol. The minimum atomic E-state index is -0.672. The lowest BCUT2D eigenvalue weighted by atomic mass is 9.67. The van der Waals surface area contributed by atoms with E-state index in [0.29, 0.717) is 28.7 Å². The van der Waals surface area contributed by atoms with E-state index < -0.39 is 5.41 Å². The van der Waals surface area contributed by atoms with Crippen LogP contribution in [0.25, 0.3) is 0 Å². The molecular formula is C25H22Cl3N3O. The Morgan fingerprint density at radius 2 is 1.84 bits per heavy atom. The second-order valence-corrected chi connectivity index (χ2v) is 9.49. The van der Waals surface area contributed by atoms with Crippen molar-refractivity contribution in [3.8, 4) is 0 Å². The van der Waals surface area contributed by atoms with Gasteiger partial charge in [0.25, 0.3) is 0 Å². The molecule has 1 aromatic heterocycles. The number of carbonyl (C=O) groups is 1. The fourth-order valence-electron chi connectivity index (χ4n) is 4.56. The molecule has 4 nitrogen and oxygen atoms in total. The van der Waals surface area contributed by atoms with Gasteiger partial charge in [0.15, 0.2) is 0 Å². The van der Waals surface area contributed by atoms with Crippen molar-refractivity contribution in [1.29, 1.82) is 0 Å². The van der Waals surface area contributed by atoms with Crippen molar-refractivity contribution in [2.75, 3.05) is 4.90 Å². The number of aromatic nitrogens is 2. The first-order valence-electron chi connectivity index (χ1n) is 10.3. The molecule has 1 aliphatic rings. The number of allylic oxidation sites excluding steroid dienone is 1. The molecule has 0 aliphatic carbocycles. The standard InChI is InChI=1S/C25H22Cl3N3O/c1-3-12-25(2)15-20(17-5-4-6-19(27)14-17)22(16-7-9-18(26)10-8-16)31(23(25)32)21-11-13-29-24(28)30-21/h3-11,13-14,20,22H,1,12,15H2,2H3. The van der Waals surface area contributed by atoms with E-state index in [1.807, 2.05) is 49.4 Å². The zero-order valence-electron chi connectivity index (χ0n) is 17.5. The molecular weight excluding hydrogens is 465 g/mol. The van der Waals surface area contributed by atoms with Crippen LogP contribution in [0.15, 0.2) is 73.4 Å². The summed E-state index contributed by atoms with van der Waals surface area (Å²) in [6, 6.07) is 16.7. The summed E-state index contributed by atoms with van der Waals surface area (Å²) >= 11 is 18.6. The summed E-state index contributed by atoms with van der Waals surface area (Å²) in [6.07, 6.45) is 4.51. The maximum Gasteiger partial charge on any atom is 0.235 e. The van der Waals surface area contributed by atoms with E-state index in [9.17, 15) is 4.79 Å². The van der Waals surface area contributed by atoms with E-state index in [2.05, 4.69) is 22.6 Å². The average molecular weight is 487 g/mol. The number of hydrogen-bond donors (Lipinski definition) is 0. The van der Waals surface area contributed by atoms with Crippen molar-refractivity contribution < 1.29 is 4.79 Å². The molecule has 1 aliphatic heterocycles. The highest BCUT2D eigenvalue weighted by atomic mass is 35.5. The topological polar surface area (TPSA) is 46.1 Å². The number of nitrogens with zero attached hydrogens (tertiary/aromatic N) is 3. The molecule has 1 fully saturated rings. The number of amides is 1. The van der Waals surface area contributed by atoms with Crippen molar-refractivity contribution >= 4 is 46.5 Å². The van der Waals surface area contributed by atoms with Crippen molar-refractivity contribution in [2.45, 2.75) is 31.7 Å². The van der Waals surface area contributed by atoms with Gasteiger partial charge in [0.05, 0.1) is 11.5 Å². The number of benzene rings is 2. The molecule has 3 aromatic rings. The lowest BCUT2D eigenvalue weighted by Gasteiger charge is -2.48. The summed E-state index contributed by atoms with van der Waals surface area (Å²) in [7, 11) is 0. The minimum absolute atomic E-state index is 0.0367. The predicted molar refractivity (Wildman–Crippen MR) is 130 cm³/mol. The van der Waals surface area contributed by atoms with Gasteiger partial charge in [-0.1, -0.05) is 60.5 Å². The van der Waals surface area contributed by atoms with Gasteiger partial charge < -0.3 is 0 Å². The van der Waals surface area contributed by atoms with E-state index >= 15 is 0 Å². The molecule has 0 spiro atoms. The number of anilines is 1. The molecule has 2 heterocycles. The molecule has 3 unspecified atom stereocenters. The Hall–Kier alpha value is -2.40. The van der Waals surface area contributed by atoms with E-state index in [1.165, 1.54) is 0 Å². The SMILES string of the molecule is C=CCC1(C)CC(c2cccc(Cl)c2)C(c2ccc(Cl)cc2)N(c2ccnc(Cl)n2)C1=O. The first-order chi connectivity index (χ1) is 15.3. The zero-order chi connectivity index (χ0) is 22.9. The highest BCUT2D eigenvalue weighted by molar-refractivity contribution is 6.31. The molecule has 4 rings (SSSR count). The Labute approximate surface area is 202 Å². The lowest BCUT2D eigenvalue weighted by molar-refractivity contribution is -0.131. The van der Waals surface area contributed by atoms with Crippen LogP contribution in [0.1, 0.15) is 42.9 Å². The number of halogens is 3. The molecule has 1 saturated heterocycles. The van der Waals surface area contributed by atoms with Crippen molar-refractivity contribution in [2.24, 2.45) is 5.41 Å². The molecule has 0 saturated carbocycles. The number of piperidine rings is 1. The van der Waals surface area contributed by atoms with Crippen LogP contribution in [-0.2, 0) is 4.79 Å². The first-order valence-corrected chi connectivity index (χ1v) is 11.4. The molecule has 0 N–H and O–H groups in total. The lowest BCUT2D eigenvalue weighted by Crippen LogP contribution is -2.52. The average Bonchev–Trinajstić information content (AvgIpc) is 2.76. The van der Waals surface area contributed by atoms with Crippen molar-refractivity contribution in [3.05, 3.63) is 99.9 Å². The van der Waals surface area contributed by atoms with Crippen LogP contribution >= 0.6 is 34.8 Å². The number of carbonyl (C=O) groups excluding carboxylic acids is 1. The van der Waals surface area contributed by atoms with Gasteiger partial charge in [-0.3, -0.25) is 9.69 Å². The normalized spacial score (nSPS) is 23.2. The molecule has 164 valence electrons. The van der Waals surface area contributed by atoms with E-state index in [1.54, 1.807) is 23.2 Å². The van der Waals surface area contributed by atoms with Crippen LogP contribution in [0.5, 0.6) is 0 Å². The molecule has 32 heavy (non-hydrogen) atoms. The predicted octanol–water partition coefficient (Wildman–Crippen LogP) is 7.28. The maximum absolute atomic E-state index is 14.0. The fourth-order valence-corrected chi connectivity index (χ4v) is 5.02. The summed E-state index contributed by atoms with van der Waals surface area (Å²) in [5.74, 6) is 0.369. The smallest absolute Gasteiger partial charge is 0.235 e. The van der Waals surface area contributed by atoms with Gasteiger partial charge in [0.1, 0.15) is 5.82 Å². The van der Waals surface area contributed by atoms with Crippen LogP contribution in [-0.4, -0.2) is 15.9 Å². The van der Waals surface area contributed by atoms with Gasteiger partial charge in [-0.2, -0.15) is 0 Å². The van der Waals surface area contributed by atoms with Gasteiger partial charge in [0.2, 0.25) is 11.2 Å². The fraction of sp³-hybridized carbons (Fsp3) is 0.240. The number of hydrogen-bond acceptors (Lipinski definition) is 3. The molecule has 7 heteroatoms. The molecule has 0 radical (unpaired) electrons. The van der Waals surface area contributed by atoms with E-state index in [4.69, 9.17) is 34.8 Å². The molecule has 0 bridgehead atoms. The van der Waals surface area contributed by atoms with Gasteiger partial charge in [-0.15, -0.1) is 6.58 Å². The molecule has 2 aromatic carbocycles. The van der Waals surface area contributed by atoms with Crippen LogP contribution < -0.4 is 4.90 Å². The third kappa shape index (κ3) is 4.40. The second kappa shape index (κ2) is 9.22. The van der Waals surface area contributed by atoms with Gasteiger partial charge in [0, 0.05) is 22.2 Å². The van der Waals surface area contributed by atoms with Crippen LogP contribution in [0, 0.1) is 5.41 Å².